The van der Waals surface area contributed by atoms with E-state index in [1.807, 2.05) is 12.1 Å². The first-order valence-electron chi connectivity index (χ1n) is 6.47. The second-order valence-electron chi connectivity index (χ2n) is 5.25. The summed E-state index contributed by atoms with van der Waals surface area (Å²) in [4.78, 5) is 30.0. The molecule has 2 unspecified atom stereocenters. The van der Waals surface area contributed by atoms with Gasteiger partial charge in [-0.3, -0.25) is 14.6 Å². The minimum atomic E-state index is -0.926. The smallest absolute Gasteiger partial charge is 0.313 e. The SMILES string of the molecule is NC1C(=O)N2CC(CSc3ccncc3)(C(=O)O)CS[C@H]12. The number of rotatable bonds is 4. The van der Waals surface area contributed by atoms with E-state index in [9.17, 15) is 14.7 Å². The van der Waals surface area contributed by atoms with Crippen molar-refractivity contribution in [1.82, 2.24) is 9.88 Å². The minimum absolute atomic E-state index is 0.0594. The van der Waals surface area contributed by atoms with E-state index in [-0.39, 0.29) is 17.8 Å². The van der Waals surface area contributed by atoms with Crippen molar-refractivity contribution in [3.05, 3.63) is 24.5 Å². The van der Waals surface area contributed by atoms with Gasteiger partial charge in [0.15, 0.2) is 0 Å². The second-order valence-corrected chi connectivity index (χ2v) is 7.40. The first kappa shape index (κ1) is 14.7. The molecule has 0 bridgehead atoms. The van der Waals surface area contributed by atoms with Crippen molar-refractivity contribution in [3.8, 4) is 0 Å². The number of carbonyl (C=O) groups excluding carboxylic acids is 1. The third-order valence-corrected chi connectivity index (χ3v) is 6.72. The van der Waals surface area contributed by atoms with Crippen LogP contribution in [0.5, 0.6) is 0 Å². The van der Waals surface area contributed by atoms with Crippen LogP contribution in [-0.4, -0.2) is 56.3 Å². The maximum atomic E-state index is 11.8. The maximum Gasteiger partial charge on any atom is 0.313 e. The molecular weight excluding hydrogens is 310 g/mol. The van der Waals surface area contributed by atoms with Crippen LogP contribution in [-0.2, 0) is 9.59 Å². The molecule has 2 fully saturated rings. The van der Waals surface area contributed by atoms with Gasteiger partial charge < -0.3 is 15.7 Å². The van der Waals surface area contributed by atoms with Gasteiger partial charge in [-0.1, -0.05) is 0 Å². The molecule has 0 radical (unpaired) electrons. The van der Waals surface area contributed by atoms with Crippen molar-refractivity contribution in [2.75, 3.05) is 18.1 Å². The molecule has 2 saturated heterocycles. The summed E-state index contributed by atoms with van der Waals surface area (Å²) in [5.74, 6) is -0.108. The fourth-order valence-electron chi connectivity index (χ4n) is 2.46. The van der Waals surface area contributed by atoms with Crippen LogP contribution in [0.4, 0.5) is 0 Å². The van der Waals surface area contributed by atoms with Gasteiger partial charge >= 0.3 is 5.97 Å². The molecule has 2 aliphatic rings. The normalized spacial score (nSPS) is 31.5. The lowest BCUT2D eigenvalue weighted by Crippen LogP contribution is -2.72. The fraction of sp³-hybridized carbons (Fsp3) is 0.462. The highest BCUT2D eigenvalue weighted by atomic mass is 32.2. The van der Waals surface area contributed by atoms with E-state index < -0.39 is 17.4 Å². The number of hydrogen-bond acceptors (Lipinski definition) is 6. The minimum Gasteiger partial charge on any atom is -0.481 e. The van der Waals surface area contributed by atoms with Gasteiger partial charge in [-0.15, -0.1) is 23.5 Å². The highest BCUT2D eigenvalue weighted by molar-refractivity contribution is 8.00. The lowest BCUT2D eigenvalue weighted by atomic mass is 9.89. The third-order valence-electron chi connectivity index (χ3n) is 3.80. The van der Waals surface area contributed by atoms with Gasteiger partial charge in [-0.2, -0.15) is 0 Å². The number of carbonyl (C=O) groups is 2. The van der Waals surface area contributed by atoms with Gasteiger partial charge in [0.1, 0.15) is 16.8 Å². The third kappa shape index (κ3) is 2.51. The number of nitrogens with two attached hydrogens (primary N) is 1. The van der Waals surface area contributed by atoms with Crippen LogP contribution in [0, 0.1) is 5.41 Å². The summed E-state index contributed by atoms with van der Waals surface area (Å²) in [7, 11) is 0. The Morgan fingerprint density at radius 2 is 2.29 bits per heavy atom. The molecule has 3 rings (SSSR count). The fourth-order valence-corrected chi connectivity index (χ4v) is 5.15. The van der Waals surface area contributed by atoms with E-state index in [4.69, 9.17) is 5.73 Å². The summed E-state index contributed by atoms with van der Waals surface area (Å²) in [6, 6.07) is 3.22. The first-order chi connectivity index (χ1) is 10.0. The summed E-state index contributed by atoms with van der Waals surface area (Å²) < 4.78 is 0. The number of fused-ring (bicyclic) bond motifs is 1. The monoisotopic (exact) mass is 325 g/mol. The molecule has 0 spiro atoms. The van der Waals surface area contributed by atoms with Crippen LogP contribution in [0.15, 0.2) is 29.4 Å². The number of pyridine rings is 1. The Morgan fingerprint density at radius 1 is 1.57 bits per heavy atom. The Labute approximate surface area is 130 Å². The molecule has 1 aromatic heterocycles. The summed E-state index contributed by atoms with van der Waals surface area (Å²) in [6.07, 6.45) is 3.36. The van der Waals surface area contributed by atoms with Crippen molar-refractivity contribution in [3.63, 3.8) is 0 Å². The Kier molecular flexibility index (Phi) is 3.85. The van der Waals surface area contributed by atoms with Gasteiger partial charge in [0.25, 0.3) is 0 Å². The first-order valence-corrected chi connectivity index (χ1v) is 8.51. The van der Waals surface area contributed by atoms with Crippen LogP contribution in [0.2, 0.25) is 0 Å². The number of carboxylic acids is 1. The van der Waals surface area contributed by atoms with Gasteiger partial charge in [0, 0.05) is 35.3 Å². The van der Waals surface area contributed by atoms with E-state index in [1.54, 1.807) is 17.3 Å². The molecule has 0 aromatic carbocycles. The molecule has 3 atom stereocenters. The highest BCUT2D eigenvalue weighted by Crippen LogP contribution is 2.43. The van der Waals surface area contributed by atoms with Gasteiger partial charge in [-0.05, 0) is 12.1 Å². The average molecular weight is 325 g/mol. The van der Waals surface area contributed by atoms with Gasteiger partial charge in [-0.25, -0.2) is 0 Å². The Morgan fingerprint density at radius 3 is 2.95 bits per heavy atom. The van der Waals surface area contributed by atoms with Gasteiger partial charge in [0.2, 0.25) is 5.91 Å². The molecule has 3 N–H and O–H groups in total. The maximum absolute atomic E-state index is 11.8. The zero-order chi connectivity index (χ0) is 15.0. The van der Waals surface area contributed by atoms with Crippen molar-refractivity contribution in [2.24, 2.45) is 11.1 Å². The Bertz CT molecular complexity index is 571. The zero-order valence-electron chi connectivity index (χ0n) is 11.1. The van der Waals surface area contributed by atoms with Crippen LogP contribution in [0.25, 0.3) is 0 Å². The van der Waals surface area contributed by atoms with Crippen molar-refractivity contribution in [2.45, 2.75) is 16.3 Å². The number of amides is 1. The topological polar surface area (TPSA) is 96.5 Å². The molecule has 1 aromatic rings. The number of thioether (sulfide) groups is 2. The van der Waals surface area contributed by atoms with Crippen LogP contribution in [0.3, 0.4) is 0 Å². The molecule has 3 heterocycles. The largest absolute Gasteiger partial charge is 0.481 e. The Hall–Kier alpha value is -1.25. The van der Waals surface area contributed by atoms with Crippen LogP contribution >= 0.6 is 23.5 Å². The van der Waals surface area contributed by atoms with Crippen molar-refractivity contribution in [1.29, 1.82) is 0 Å². The average Bonchev–Trinajstić information content (AvgIpc) is 2.52. The van der Waals surface area contributed by atoms with Crippen LogP contribution in [0.1, 0.15) is 0 Å². The molecule has 6 nitrogen and oxygen atoms in total. The number of carboxylic acid groups (broad SMARTS) is 1. The summed E-state index contributed by atoms with van der Waals surface area (Å²) in [6.45, 7) is 0.241. The standard InChI is InChI=1S/C13H15N3O3S2/c14-9-10(17)16-5-13(12(18)19,7-21-11(9)16)6-20-8-1-3-15-4-2-8/h1-4,9,11H,5-7,14H2,(H,18,19)/t9?,11-,13?/m1/s1. The number of β-lactam (4-membered cyclic amide) rings is 1. The summed E-state index contributed by atoms with van der Waals surface area (Å²) in [5, 5.41) is 9.58. The quantitative estimate of drug-likeness (QED) is 0.614. The number of aromatic nitrogens is 1. The molecule has 8 heteroatoms. The number of nitrogens with zero attached hydrogens (tertiary/aromatic N) is 2. The lowest BCUT2D eigenvalue weighted by molar-refractivity contribution is -0.155. The molecule has 2 aliphatic heterocycles. The predicted octanol–water partition coefficient (Wildman–Crippen LogP) is 0.487. The van der Waals surface area contributed by atoms with Crippen LogP contribution < -0.4 is 5.73 Å². The molecule has 21 heavy (non-hydrogen) atoms. The van der Waals surface area contributed by atoms with Crippen molar-refractivity contribution < 1.29 is 14.7 Å². The zero-order valence-corrected chi connectivity index (χ0v) is 12.8. The van der Waals surface area contributed by atoms with E-state index in [1.165, 1.54) is 23.5 Å². The van der Waals surface area contributed by atoms with E-state index in [0.29, 0.717) is 11.5 Å². The molecular formula is C13H15N3O3S2. The van der Waals surface area contributed by atoms with E-state index >= 15 is 0 Å². The summed E-state index contributed by atoms with van der Waals surface area (Å²) >= 11 is 2.95. The predicted molar refractivity (Wildman–Crippen MR) is 81.0 cm³/mol. The number of hydrogen-bond donors (Lipinski definition) is 2. The van der Waals surface area contributed by atoms with E-state index in [2.05, 4.69) is 4.98 Å². The van der Waals surface area contributed by atoms with Gasteiger partial charge in [0.05, 0.1) is 0 Å². The highest BCUT2D eigenvalue weighted by Gasteiger charge is 2.55. The molecule has 0 saturated carbocycles. The number of aliphatic carboxylic acids is 1. The second kappa shape index (κ2) is 5.51. The lowest BCUT2D eigenvalue weighted by Gasteiger charge is -2.52. The molecule has 1 amide bonds. The van der Waals surface area contributed by atoms with Crippen molar-refractivity contribution >= 4 is 35.4 Å². The summed E-state index contributed by atoms with van der Waals surface area (Å²) in [5.41, 5.74) is 4.81. The molecule has 112 valence electrons. The van der Waals surface area contributed by atoms with E-state index in [0.717, 1.165) is 4.90 Å². The Balaban J connectivity index is 1.72. The molecule has 0 aliphatic carbocycles.